The van der Waals surface area contributed by atoms with Gasteiger partial charge in [0.1, 0.15) is 5.03 Å². The Morgan fingerprint density at radius 3 is 3.00 bits per heavy atom. The maximum atomic E-state index is 8.61. The summed E-state index contributed by atoms with van der Waals surface area (Å²) in [6.07, 6.45) is 2.67. The Hall–Kier alpha value is -0.0600. The van der Waals surface area contributed by atoms with E-state index in [4.69, 9.17) is 5.11 Å². The van der Waals surface area contributed by atoms with Gasteiger partial charge in [0.25, 0.3) is 0 Å². The zero-order valence-electron chi connectivity index (χ0n) is 7.46. The lowest BCUT2D eigenvalue weighted by molar-refractivity contribution is 0.296. The number of aliphatic hydroxyl groups excluding tert-OH is 1. The lowest BCUT2D eigenvalue weighted by Gasteiger charge is -2.02. The van der Waals surface area contributed by atoms with Crippen LogP contribution < -0.4 is 0 Å². The monoisotopic (exact) mass is 261 g/mol. The van der Waals surface area contributed by atoms with Crippen LogP contribution in [0.15, 0.2) is 21.8 Å². The number of aliphatic hydroxyl groups is 1. The highest BCUT2D eigenvalue weighted by atomic mass is 79.9. The van der Waals surface area contributed by atoms with Crippen LogP contribution in [0.25, 0.3) is 0 Å². The van der Waals surface area contributed by atoms with Crippen molar-refractivity contribution in [3.63, 3.8) is 0 Å². The Kier molecular flexibility index (Phi) is 4.77. The summed E-state index contributed by atoms with van der Waals surface area (Å²) in [5, 5.41) is 9.61. The first-order chi connectivity index (χ1) is 6.24. The molecule has 1 rings (SSSR count). The SMILES string of the molecule is Cc1cnc(SCCCO)c(Br)c1. The molecule has 0 aliphatic rings. The molecule has 0 amide bonds. The van der Waals surface area contributed by atoms with Gasteiger partial charge in [-0.1, -0.05) is 0 Å². The maximum Gasteiger partial charge on any atom is 0.110 e. The first-order valence-corrected chi connectivity index (χ1v) is 5.87. The third kappa shape index (κ3) is 3.67. The summed E-state index contributed by atoms with van der Waals surface area (Å²) in [6, 6.07) is 2.05. The fourth-order valence-corrected chi connectivity index (χ4v) is 2.46. The Labute approximate surface area is 90.9 Å². The molecule has 0 aromatic carbocycles. The number of thioether (sulfide) groups is 1. The number of pyridine rings is 1. The molecule has 1 heterocycles. The van der Waals surface area contributed by atoms with Gasteiger partial charge >= 0.3 is 0 Å². The van der Waals surface area contributed by atoms with Crippen LogP contribution in [0.4, 0.5) is 0 Å². The van der Waals surface area contributed by atoms with E-state index >= 15 is 0 Å². The van der Waals surface area contributed by atoms with Gasteiger partial charge in [-0.2, -0.15) is 0 Å². The van der Waals surface area contributed by atoms with Crippen molar-refractivity contribution in [1.29, 1.82) is 0 Å². The molecule has 1 aromatic rings. The second kappa shape index (κ2) is 5.62. The van der Waals surface area contributed by atoms with Crippen molar-refractivity contribution >= 4 is 27.7 Å². The van der Waals surface area contributed by atoms with Crippen LogP contribution in [0.5, 0.6) is 0 Å². The third-order valence-electron chi connectivity index (χ3n) is 1.49. The summed E-state index contributed by atoms with van der Waals surface area (Å²) < 4.78 is 1.04. The van der Waals surface area contributed by atoms with Crippen LogP contribution in [-0.2, 0) is 0 Å². The molecule has 1 N–H and O–H groups in total. The molecule has 13 heavy (non-hydrogen) atoms. The van der Waals surface area contributed by atoms with Crippen LogP contribution in [0, 0.1) is 6.92 Å². The predicted molar refractivity (Wildman–Crippen MR) is 59.1 cm³/mol. The largest absolute Gasteiger partial charge is 0.396 e. The lowest BCUT2D eigenvalue weighted by atomic mass is 10.3. The molecular weight excluding hydrogens is 250 g/mol. The van der Waals surface area contributed by atoms with Gasteiger partial charge in [-0.05, 0) is 40.9 Å². The molecule has 0 fully saturated rings. The van der Waals surface area contributed by atoms with E-state index in [0.29, 0.717) is 0 Å². The van der Waals surface area contributed by atoms with Crippen LogP contribution in [-0.4, -0.2) is 22.5 Å². The van der Waals surface area contributed by atoms with Gasteiger partial charge in [-0.25, -0.2) is 4.98 Å². The molecule has 0 bridgehead atoms. The first-order valence-electron chi connectivity index (χ1n) is 4.10. The van der Waals surface area contributed by atoms with Crippen LogP contribution in [0.3, 0.4) is 0 Å². The molecule has 0 spiro atoms. The van der Waals surface area contributed by atoms with Gasteiger partial charge in [0.15, 0.2) is 0 Å². The Morgan fingerprint density at radius 2 is 2.38 bits per heavy atom. The normalized spacial score (nSPS) is 10.4. The zero-order chi connectivity index (χ0) is 9.68. The molecule has 0 saturated heterocycles. The van der Waals surface area contributed by atoms with Crippen LogP contribution >= 0.6 is 27.7 Å². The molecule has 72 valence electrons. The zero-order valence-corrected chi connectivity index (χ0v) is 9.86. The van der Waals surface area contributed by atoms with E-state index in [2.05, 4.69) is 20.9 Å². The van der Waals surface area contributed by atoms with Crippen molar-refractivity contribution < 1.29 is 5.11 Å². The molecule has 0 saturated carbocycles. The predicted octanol–water partition coefficient (Wildman–Crippen LogP) is 2.63. The molecule has 0 radical (unpaired) electrons. The molecule has 0 atom stereocenters. The number of hydrogen-bond acceptors (Lipinski definition) is 3. The summed E-state index contributed by atoms with van der Waals surface area (Å²) in [4.78, 5) is 4.28. The molecule has 0 aliphatic carbocycles. The van der Waals surface area contributed by atoms with E-state index in [1.165, 1.54) is 0 Å². The van der Waals surface area contributed by atoms with Gasteiger partial charge in [0.05, 0.1) is 4.47 Å². The molecule has 0 unspecified atom stereocenters. The Bertz CT molecular complexity index is 280. The molecule has 2 nitrogen and oxygen atoms in total. The van der Waals surface area contributed by atoms with Crippen molar-refractivity contribution in [3.8, 4) is 0 Å². The van der Waals surface area contributed by atoms with E-state index in [0.717, 1.165) is 27.2 Å². The van der Waals surface area contributed by atoms with Crippen molar-refractivity contribution in [2.45, 2.75) is 18.4 Å². The Morgan fingerprint density at radius 1 is 1.62 bits per heavy atom. The third-order valence-corrected chi connectivity index (χ3v) is 3.44. The molecule has 4 heteroatoms. The van der Waals surface area contributed by atoms with Crippen molar-refractivity contribution in [1.82, 2.24) is 4.98 Å². The minimum Gasteiger partial charge on any atom is -0.396 e. The maximum absolute atomic E-state index is 8.61. The second-order valence-electron chi connectivity index (χ2n) is 2.73. The topological polar surface area (TPSA) is 33.1 Å². The van der Waals surface area contributed by atoms with E-state index in [9.17, 15) is 0 Å². The number of nitrogens with zero attached hydrogens (tertiary/aromatic N) is 1. The highest BCUT2D eigenvalue weighted by Gasteiger charge is 2.01. The highest BCUT2D eigenvalue weighted by molar-refractivity contribution is 9.10. The minimum absolute atomic E-state index is 0.247. The number of hydrogen-bond donors (Lipinski definition) is 1. The number of halogens is 1. The summed E-state index contributed by atoms with van der Waals surface area (Å²) in [5.74, 6) is 0.908. The van der Waals surface area contributed by atoms with E-state index in [1.54, 1.807) is 11.8 Å². The molecule has 1 aromatic heterocycles. The number of aromatic nitrogens is 1. The fraction of sp³-hybridized carbons (Fsp3) is 0.444. The van der Waals surface area contributed by atoms with Crippen molar-refractivity contribution in [3.05, 3.63) is 22.3 Å². The van der Waals surface area contributed by atoms with Gasteiger partial charge in [0, 0.05) is 18.6 Å². The van der Waals surface area contributed by atoms with Crippen LogP contribution in [0.2, 0.25) is 0 Å². The van der Waals surface area contributed by atoms with E-state index in [1.807, 2.05) is 19.2 Å². The van der Waals surface area contributed by atoms with E-state index in [-0.39, 0.29) is 6.61 Å². The van der Waals surface area contributed by atoms with Gasteiger partial charge in [-0.3, -0.25) is 0 Å². The molecular formula is C9H12BrNOS. The molecule has 0 aliphatic heterocycles. The van der Waals surface area contributed by atoms with Crippen molar-refractivity contribution in [2.24, 2.45) is 0 Å². The van der Waals surface area contributed by atoms with Gasteiger partial charge in [-0.15, -0.1) is 11.8 Å². The summed E-state index contributed by atoms with van der Waals surface area (Å²) in [7, 11) is 0. The number of rotatable bonds is 4. The van der Waals surface area contributed by atoms with Crippen LogP contribution in [0.1, 0.15) is 12.0 Å². The summed E-state index contributed by atoms with van der Waals surface area (Å²) in [5.41, 5.74) is 1.15. The fourth-order valence-electron chi connectivity index (χ4n) is 0.861. The average molecular weight is 262 g/mol. The van der Waals surface area contributed by atoms with E-state index < -0.39 is 0 Å². The minimum atomic E-state index is 0.247. The van der Waals surface area contributed by atoms with Gasteiger partial charge in [0.2, 0.25) is 0 Å². The standard InChI is InChI=1S/C9H12BrNOS/c1-7-5-8(10)9(11-6-7)13-4-2-3-12/h5-6,12H,2-4H2,1H3. The Balaban J connectivity index is 2.56. The summed E-state index contributed by atoms with van der Waals surface area (Å²) >= 11 is 5.12. The summed E-state index contributed by atoms with van der Waals surface area (Å²) in [6.45, 7) is 2.26. The number of aryl methyl sites for hydroxylation is 1. The average Bonchev–Trinajstić information content (AvgIpc) is 2.09. The quantitative estimate of drug-likeness (QED) is 0.669. The lowest BCUT2D eigenvalue weighted by Crippen LogP contribution is -1.89. The first kappa shape index (κ1) is 11.0. The second-order valence-corrected chi connectivity index (χ2v) is 4.66. The highest BCUT2D eigenvalue weighted by Crippen LogP contribution is 2.25. The van der Waals surface area contributed by atoms with Crippen molar-refractivity contribution in [2.75, 3.05) is 12.4 Å². The smallest absolute Gasteiger partial charge is 0.110 e. The van der Waals surface area contributed by atoms with Gasteiger partial charge < -0.3 is 5.11 Å².